The van der Waals surface area contributed by atoms with Crippen LogP contribution in [0.15, 0.2) is 12.2 Å². The maximum Gasteiger partial charge on any atom is 0.152 e. The second-order valence-electron chi connectivity index (χ2n) is 2.70. The zero-order valence-electron chi connectivity index (χ0n) is 6.66. The van der Waals surface area contributed by atoms with Crippen LogP contribution in [0.1, 0.15) is 20.8 Å². The van der Waals surface area contributed by atoms with E-state index in [0.29, 0.717) is 0 Å². The van der Waals surface area contributed by atoms with Gasteiger partial charge in [0.05, 0.1) is 6.10 Å². The molecule has 0 rings (SSSR count). The predicted octanol–water partition coefficient (Wildman–Crippen LogP) is 1.15. The van der Waals surface area contributed by atoms with E-state index in [1.165, 1.54) is 19.1 Å². The van der Waals surface area contributed by atoms with Gasteiger partial charge >= 0.3 is 0 Å². The van der Waals surface area contributed by atoms with Gasteiger partial charge in [0.25, 0.3) is 0 Å². The molecule has 0 aliphatic carbocycles. The van der Waals surface area contributed by atoms with Crippen LogP contribution < -0.4 is 0 Å². The first-order valence-corrected chi connectivity index (χ1v) is 3.41. The molecule has 0 radical (unpaired) electrons. The van der Waals surface area contributed by atoms with E-state index in [1.807, 2.05) is 13.8 Å². The molecule has 0 heterocycles. The Labute approximate surface area is 61.6 Å². The van der Waals surface area contributed by atoms with E-state index in [4.69, 9.17) is 5.11 Å². The van der Waals surface area contributed by atoms with Gasteiger partial charge in [-0.25, -0.2) is 0 Å². The summed E-state index contributed by atoms with van der Waals surface area (Å²) in [7, 11) is 0. The Hall–Kier alpha value is -0.630. The van der Waals surface area contributed by atoms with Gasteiger partial charge in [-0.05, 0) is 18.9 Å². The molecule has 0 unspecified atom stereocenters. The van der Waals surface area contributed by atoms with E-state index in [2.05, 4.69) is 0 Å². The van der Waals surface area contributed by atoms with Crippen LogP contribution in [0.5, 0.6) is 0 Å². The average molecular weight is 142 g/mol. The molecule has 10 heavy (non-hydrogen) atoms. The zero-order valence-corrected chi connectivity index (χ0v) is 6.66. The Morgan fingerprint density at radius 2 is 2.00 bits per heavy atom. The van der Waals surface area contributed by atoms with Crippen LogP contribution in [-0.4, -0.2) is 17.0 Å². The van der Waals surface area contributed by atoms with E-state index in [-0.39, 0.29) is 11.7 Å². The van der Waals surface area contributed by atoms with Crippen LogP contribution in [0.4, 0.5) is 0 Å². The van der Waals surface area contributed by atoms with Crippen molar-refractivity contribution in [3.05, 3.63) is 12.2 Å². The lowest BCUT2D eigenvalue weighted by Crippen LogP contribution is -2.10. The lowest BCUT2D eigenvalue weighted by Gasteiger charge is -2.07. The number of hydrogen-bond acceptors (Lipinski definition) is 2. The third-order valence-electron chi connectivity index (χ3n) is 1.21. The Kier molecular flexibility index (Phi) is 3.96. The lowest BCUT2D eigenvalue weighted by atomic mass is 10.1. The Balaban J connectivity index is 3.77. The second kappa shape index (κ2) is 4.23. The summed E-state index contributed by atoms with van der Waals surface area (Å²) >= 11 is 0. The van der Waals surface area contributed by atoms with Crippen molar-refractivity contribution in [2.45, 2.75) is 26.9 Å². The number of hydrogen-bond donors (Lipinski definition) is 1. The van der Waals surface area contributed by atoms with Gasteiger partial charge in [0.1, 0.15) is 0 Å². The fourth-order valence-corrected chi connectivity index (χ4v) is 0.456. The van der Waals surface area contributed by atoms with Crippen molar-refractivity contribution in [1.29, 1.82) is 0 Å². The van der Waals surface area contributed by atoms with E-state index in [9.17, 15) is 4.79 Å². The van der Waals surface area contributed by atoms with Gasteiger partial charge < -0.3 is 5.11 Å². The molecule has 2 heteroatoms. The van der Waals surface area contributed by atoms with Crippen LogP contribution in [0.25, 0.3) is 0 Å². The first kappa shape index (κ1) is 9.37. The minimum absolute atomic E-state index is 0.0281. The molecule has 0 aromatic rings. The van der Waals surface area contributed by atoms with Crippen LogP contribution in [0.2, 0.25) is 0 Å². The van der Waals surface area contributed by atoms with Gasteiger partial charge in [0, 0.05) is 0 Å². The maximum atomic E-state index is 10.4. The molecule has 0 aliphatic heterocycles. The van der Waals surface area contributed by atoms with Crippen molar-refractivity contribution >= 4 is 5.78 Å². The van der Waals surface area contributed by atoms with Crippen molar-refractivity contribution in [3.8, 4) is 0 Å². The number of carbonyl (C=O) groups is 1. The van der Waals surface area contributed by atoms with E-state index in [0.717, 1.165) is 0 Å². The second-order valence-corrected chi connectivity index (χ2v) is 2.70. The largest absolute Gasteiger partial charge is 0.389 e. The Morgan fingerprint density at radius 1 is 1.50 bits per heavy atom. The van der Waals surface area contributed by atoms with E-state index >= 15 is 0 Å². The molecule has 1 N–H and O–H groups in total. The van der Waals surface area contributed by atoms with Crippen molar-refractivity contribution < 1.29 is 9.90 Å². The summed E-state index contributed by atoms with van der Waals surface area (Å²) in [5.74, 6) is 0.148. The van der Waals surface area contributed by atoms with Gasteiger partial charge in [0.15, 0.2) is 5.78 Å². The molecule has 0 fully saturated rings. The molecule has 0 saturated heterocycles. The highest BCUT2D eigenvalue weighted by atomic mass is 16.3. The Bertz CT molecular complexity index is 136. The topological polar surface area (TPSA) is 37.3 Å². The van der Waals surface area contributed by atoms with Crippen molar-refractivity contribution in [3.63, 3.8) is 0 Å². The first-order chi connectivity index (χ1) is 4.54. The molecule has 0 bridgehead atoms. The molecule has 1 atom stereocenters. The fourth-order valence-electron chi connectivity index (χ4n) is 0.456. The van der Waals surface area contributed by atoms with E-state index < -0.39 is 6.10 Å². The maximum absolute atomic E-state index is 10.4. The molecular weight excluding hydrogens is 128 g/mol. The minimum atomic E-state index is -0.496. The summed E-state index contributed by atoms with van der Waals surface area (Å²) in [6.07, 6.45) is 2.42. The summed E-state index contributed by atoms with van der Waals surface area (Å²) in [5, 5.41) is 9.14. The summed E-state index contributed by atoms with van der Waals surface area (Å²) in [5.41, 5.74) is 0. The van der Waals surface area contributed by atoms with Gasteiger partial charge in [-0.3, -0.25) is 4.79 Å². The zero-order chi connectivity index (χ0) is 8.15. The standard InChI is InChI=1S/C8H14O2/c1-6(2)8(10)5-4-7(3)9/h4-6,8,10H,1-3H3/b5-4+/t8-/m1/s1. The SMILES string of the molecule is CC(=O)/C=C/[C@@H](O)C(C)C. The molecule has 0 aliphatic rings. The quantitative estimate of drug-likeness (QED) is 0.600. The van der Waals surface area contributed by atoms with Crippen LogP contribution >= 0.6 is 0 Å². The molecule has 0 amide bonds. The number of aliphatic hydroxyl groups excluding tert-OH is 1. The molecule has 0 saturated carbocycles. The van der Waals surface area contributed by atoms with Crippen molar-refractivity contribution in [1.82, 2.24) is 0 Å². The van der Waals surface area contributed by atoms with Crippen LogP contribution in [0.3, 0.4) is 0 Å². The number of ketones is 1. The monoisotopic (exact) mass is 142 g/mol. The highest BCUT2D eigenvalue weighted by molar-refractivity contribution is 5.87. The summed E-state index contributed by atoms with van der Waals surface area (Å²) in [6.45, 7) is 5.26. The summed E-state index contributed by atoms with van der Waals surface area (Å²) < 4.78 is 0. The highest BCUT2D eigenvalue weighted by Crippen LogP contribution is 2.01. The number of carbonyl (C=O) groups excluding carboxylic acids is 1. The fraction of sp³-hybridized carbons (Fsp3) is 0.625. The Morgan fingerprint density at radius 3 is 2.30 bits per heavy atom. The minimum Gasteiger partial charge on any atom is -0.389 e. The van der Waals surface area contributed by atoms with Gasteiger partial charge in [-0.2, -0.15) is 0 Å². The molecular formula is C8H14O2. The predicted molar refractivity (Wildman–Crippen MR) is 40.7 cm³/mol. The smallest absolute Gasteiger partial charge is 0.152 e. The van der Waals surface area contributed by atoms with Crippen molar-refractivity contribution in [2.75, 3.05) is 0 Å². The summed E-state index contributed by atoms with van der Waals surface area (Å²) in [4.78, 5) is 10.4. The normalized spacial score (nSPS) is 14.5. The molecule has 0 aromatic heterocycles. The van der Waals surface area contributed by atoms with Gasteiger partial charge in [-0.1, -0.05) is 19.9 Å². The van der Waals surface area contributed by atoms with E-state index in [1.54, 1.807) is 0 Å². The van der Waals surface area contributed by atoms with Gasteiger partial charge in [0.2, 0.25) is 0 Å². The first-order valence-electron chi connectivity index (χ1n) is 3.41. The lowest BCUT2D eigenvalue weighted by molar-refractivity contribution is -0.112. The molecule has 2 nitrogen and oxygen atoms in total. The number of allylic oxidation sites excluding steroid dienone is 1. The third-order valence-corrected chi connectivity index (χ3v) is 1.21. The average Bonchev–Trinajstić information content (AvgIpc) is 1.82. The number of rotatable bonds is 3. The van der Waals surface area contributed by atoms with Crippen LogP contribution in [0, 0.1) is 5.92 Å². The highest BCUT2D eigenvalue weighted by Gasteiger charge is 2.03. The molecule has 58 valence electrons. The van der Waals surface area contributed by atoms with Crippen LogP contribution in [-0.2, 0) is 4.79 Å². The molecule has 0 spiro atoms. The molecule has 0 aromatic carbocycles. The van der Waals surface area contributed by atoms with Gasteiger partial charge in [-0.15, -0.1) is 0 Å². The van der Waals surface area contributed by atoms with Crippen molar-refractivity contribution in [2.24, 2.45) is 5.92 Å². The third kappa shape index (κ3) is 4.27. The number of aliphatic hydroxyl groups is 1. The summed E-state index contributed by atoms with van der Waals surface area (Å²) in [6, 6.07) is 0.